The fourth-order valence-electron chi connectivity index (χ4n) is 2.94. The molecular weight excluding hydrogens is 496 g/mol. The smallest absolute Gasteiger partial charge is 0.408 e. The average molecular weight is 520 g/mol. The Labute approximate surface area is 200 Å². The first-order chi connectivity index (χ1) is 15.1. The predicted molar refractivity (Wildman–Crippen MR) is 129 cm³/mol. The average Bonchev–Trinajstić information content (AvgIpc) is 3.24. The van der Waals surface area contributed by atoms with Crippen LogP contribution in [0.1, 0.15) is 26.3 Å². The van der Waals surface area contributed by atoms with E-state index in [1.807, 2.05) is 24.3 Å². The first kappa shape index (κ1) is 23.8. The number of aromatic nitrogens is 2. The molecule has 2 amide bonds. The number of imidazole rings is 1. The molecule has 32 heavy (non-hydrogen) atoms. The number of amides is 2. The van der Waals surface area contributed by atoms with Crippen LogP contribution in [0.15, 0.2) is 59.3 Å². The number of nitrogens with one attached hydrogen (secondary N) is 3. The van der Waals surface area contributed by atoms with E-state index in [1.165, 1.54) is 0 Å². The van der Waals surface area contributed by atoms with Crippen LogP contribution in [-0.2, 0) is 16.0 Å². The molecule has 7 nitrogen and oxygen atoms in total. The van der Waals surface area contributed by atoms with Gasteiger partial charge in [-0.1, -0.05) is 27.5 Å². The number of ether oxygens (including phenoxy) is 1. The van der Waals surface area contributed by atoms with Gasteiger partial charge >= 0.3 is 6.09 Å². The van der Waals surface area contributed by atoms with Crippen molar-refractivity contribution < 1.29 is 14.3 Å². The Balaban J connectivity index is 1.77. The van der Waals surface area contributed by atoms with Crippen molar-refractivity contribution in [2.75, 3.05) is 5.32 Å². The Morgan fingerprint density at radius 1 is 1.19 bits per heavy atom. The number of aromatic amines is 1. The van der Waals surface area contributed by atoms with Crippen molar-refractivity contribution in [1.82, 2.24) is 15.3 Å². The van der Waals surface area contributed by atoms with Gasteiger partial charge in [-0.25, -0.2) is 9.78 Å². The number of benzene rings is 2. The molecule has 0 spiro atoms. The molecule has 9 heteroatoms. The normalized spacial score (nSPS) is 12.2. The van der Waals surface area contributed by atoms with E-state index in [-0.39, 0.29) is 6.42 Å². The van der Waals surface area contributed by atoms with E-state index in [0.29, 0.717) is 16.3 Å². The number of anilines is 1. The van der Waals surface area contributed by atoms with Gasteiger partial charge in [0.2, 0.25) is 5.91 Å². The number of hydrogen-bond donors (Lipinski definition) is 3. The summed E-state index contributed by atoms with van der Waals surface area (Å²) in [6, 6.07) is 11.7. The van der Waals surface area contributed by atoms with E-state index >= 15 is 0 Å². The lowest BCUT2D eigenvalue weighted by Crippen LogP contribution is -2.47. The molecule has 1 aromatic heterocycles. The minimum absolute atomic E-state index is 0.188. The topological polar surface area (TPSA) is 96.1 Å². The van der Waals surface area contributed by atoms with Gasteiger partial charge in [0.15, 0.2) is 0 Å². The molecule has 0 saturated carbocycles. The van der Waals surface area contributed by atoms with Crippen molar-refractivity contribution in [2.45, 2.75) is 38.8 Å². The molecule has 1 unspecified atom stereocenters. The molecule has 3 aromatic rings. The Hall–Kier alpha value is -2.84. The van der Waals surface area contributed by atoms with Crippen LogP contribution < -0.4 is 10.6 Å². The van der Waals surface area contributed by atoms with Crippen LogP contribution in [0.3, 0.4) is 0 Å². The fraction of sp³-hybridized carbons (Fsp3) is 0.261. The fourth-order valence-corrected chi connectivity index (χ4v) is 3.55. The maximum Gasteiger partial charge on any atom is 0.408 e. The number of H-pyrrole nitrogens is 1. The van der Waals surface area contributed by atoms with Crippen molar-refractivity contribution >= 4 is 45.2 Å². The molecule has 0 aliphatic carbocycles. The Morgan fingerprint density at radius 3 is 2.53 bits per heavy atom. The zero-order valence-corrected chi connectivity index (χ0v) is 20.3. The summed E-state index contributed by atoms with van der Waals surface area (Å²) in [5, 5.41) is 6.00. The second kappa shape index (κ2) is 10.2. The number of alkyl carbamates (subject to hydrolysis) is 1. The van der Waals surface area contributed by atoms with Crippen LogP contribution >= 0.6 is 27.5 Å². The molecule has 0 fully saturated rings. The van der Waals surface area contributed by atoms with Gasteiger partial charge in [-0.05, 0) is 68.8 Å². The molecule has 0 bridgehead atoms. The molecule has 1 heterocycles. The monoisotopic (exact) mass is 518 g/mol. The molecule has 0 aliphatic heterocycles. The first-order valence-electron chi connectivity index (χ1n) is 9.95. The molecule has 0 aliphatic rings. The summed E-state index contributed by atoms with van der Waals surface area (Å²) in [4.78, 5) is 32.7. The van der Waals surface area contributed by atoms with Crippen LogP contribution in [0.2, 0.25) is 5.02 Å². The molecule has 0 radical (unpaired) electrons. The summed E-state index contributed by atoms with van der Waals surface area (Å²) in [5.74, 6) is 0.342. The van der Waals surface area contributed by atoms with E-state index < -0.39 is 23.6 Å². The second-order valence-corrected chi connectivity index (χ2v) is 9.47. The number of carbonyl (C=O) groups excluding carboxylic acids is 2. The first-order valence-corrected chi connectivity index (χ1v) is 11.1. The standard InChI is InChI=1S/C23H24BrClN4O3/c1-23(2,3)32-22(31)29-19(13-15-12-16(24)6-9-18(15)25)21(30)28-17-7-4-14(5-8-17)20-26-10-11-27-20/h4-12,19H,13H2,1-3H3,(H,26,27)(H,28,30)(H,29,31). The van der Waals surface area contributed by atoms with Crippen LogP contribution in [0, 0.1) is 0 Å². The maximum atomic E-state index is 13.1. The number of nitrogens with zero attached hydrogens (tertiary/aromatic N) is 1. The van der Waals surface area contributed by atoms with E-state index in [1.54, 1.807) is 51.4 Å². The van der Waals surface area contributed by atoms with Gasteiger partial charge in [0.05, 0.1) is 0 Å². The van der Waals surface area contributed by atoms with Gasteiger partial charge in [0.1, 0.15) is 17.5 Å². The van der Waals surface area contributed by atoms with Crippen LogP contribution in [0.5, 0.6) is 0 Å². The number of hydrogen-bond acceptors (Lipinski definition) is 4. The summed E-state index contributed by atoms with van der Waals surface area (Å²) in [7, 11) is 0. The highest BCUT2D eigenvalue weighted by molar-refractivity contribution is 9.10. The van der Waals surface area contributed by atoms with Gasteiger partial charge in [0.25, 0.3) is 0 Å². The van der Waals surface area contributed by atoms with Gasteiger partial charge in [-0.3, -0.25) is 4.79 Å². The highest BCUT2D eigenvalue weighted by Crippen LogP contribution is 2.23. The SMILES string of the molecule is CC(C)(C)OC(=O)NC(Cc1cc(Br)ccc1Cl)C(=O)Nc1ccc(-c2ncc[nH]2)cc1. The van der Waals surface area contributed by atoms with Crippen LogP contribution in [0.25, 0.3) is 11.4 Å². The third kappa shape index (κ3) is 6.83. The van der Waals surface area contributed by atoms with Crippen molar-refractivity contribution in [1.29, 1.82) is 0 Å². The third-order valence-corrected chi connectivity index (χ3v) is 5.23. The molecule has 2 aromatic carbocycles. The van der Waals surface area contributed by atoms with E-state index in [0.717, 1.165) is 15.9 Å². The highest BCUT2D eigenvalue weighted by Gasteiger charge is 2.25. The summed E-state index contributed by atoms with van der Waals surface area (Å²) in [6.45, 7) is 5.27. The lowest BCUT2D eigenvalue weighted by atomic mass is 10.0. The Kier molecular flexibility index (Phi) is 7.58. The summed E-state index contributed by atoms with van der Waals surface area (Å²) >= 11 is 9.72. The van der Waals surface area contributed by atoms with Crippen molar-refractivity contribution in [3.8, 4) is 11.4 Å². The lowest BCUT2D eigenvalue weighted by molar-refractivity contribution is -0.118. The Morgan fingerprint density at radius 2 is 1.91 bits per heavy atom. The van der Waals surface area contributed by atoms with Gasteiger partial charge < -0.3 is 20.4 Å². The molecule has 1 atom stereocenters. The van der Waals surface area contributed by atoms with Gasteiger partial charge in [-0.15, -0.1) is 0 Å². The Bertz CT molecular complexity index is 1080. The van der Waals surface area contributed by atoms with Crippen LogP contribution in [0.4, 0.5) is 10.5 Å². The van der Waals surface area contributed by atoms with E-state index in [4.69, 9.17) is 16.3 Å². The van der Waals surface area contributed by atoms with Crippen molar-refractivity contribution in [3.05, 3.63) is 69.9 Å². The zero-order valence-electron chi connectivity index (χ0n) is 17.9. The van der Waals surface area contributed by atoms with E-state index in [9.17, 15) is 9.59 Å². The van der Waals surface area contributed by atoms with Gasteiger partial charge in [-0.2, -0.15) is 0 Å². The van der Waals surface area contributed by atoms with Gasteiger partial charge in [0, 0.05) is 39.6 Å². The highest BCUT2D eigenvalue weighted by atomic mass is 79.9. The lowest BCUT2D eigenvalue weighted by Gasteiger charge is -2.23. The summed E-state index contributed by atoms with van der Waals surface area (Å²) < 4.78 is 6.16. The maximum absolute atomic E-state index is 13.1. The minimum Gasteiger partial charge on any atom is -0.444 e. The summed E-state index contributed by atoms with van der Waals surface area (Å²) in [6.07, 6.45) is 2.92. The molecule has 3 N–H and O–H groups in total. The van der Waals surface area contributed by atoms with E-state index in [2.05, 4.69) is 36.5 Å². The molecule has 3 rings (SSSR count). The summed E-state index contributed by atoms with van der Waals surface area (Å²) in [5.41, 5.74) is 1.49. The number of carbonyl (C=O) groups is 2. The quantitative estimate of drug-likeness (QED) is 0.397. The number of rotatable bonds is 6. The largest absolute Gasteiger partial charge is 0.444 e. The number of halogens is 2. The van der Waals surface area contributed by atoms with Crippen LogP contribution in [-0.4, -0.2) is 33.6 Å². The molecular formula is C23H24BrClN4O3. The zero-order chi connectivity index (χ0) is 23.3. The third-order valence-electron chi connectivity index (χ3n) is 4.36. The second-order valence-electron chi connectivity index (χ2n) is 8.14. The molecule has 0 saturated heterocycles. The minimum atomic E-state index is -0.901. The van der Waals surface area contributed by atoms with Crippen molar-refractivity contribution in [3.63, 3.8) is 0 Å². The van der Waals surface area contributed by atoms with Crippen molar-refractivity contribution in [2.24, 2.45) is 0 Å². The molecule has 168 valence electrons. The predicted octanol–water partition coefficient (Wildman–Crippen LogP) is 5.57.